The number of nitrogens with zero attached hydrogens (tertiary/aromatic N) is 2. The van der Waals surface area contributed by atoms with Crippen LogP contribution in [0.2, 0.25) is 0 Å². The Morgan fingerprint density at radius 3 is 2.93 bits per heavy atom. The largest absolute Gasteiger partial charge is 0.383 e. The summed E-state index contributed by atoms with van der Waals surface area (Å²) < 4.78 is 7.14. The molecule has 0 aliphatic heterocycles. The molecular weight excluding hydrogens is 190 g/mol. The van der Waals surface area contributed by atoms with Crippen LogP contribution in [0.4, 0.5) is 0 Å². The van der Waals surface area contributed by atoms with Crippen molar-refractivity contribution >= 4 is 0 Å². The van der Waals surface area contributed by atoms with Gasteiger partial charge in [-0.05, 0) is 25.5 Å². The number of aromatic nitrogens is 2. The summed E-state index contributed by atoms with van der Waals surface area (Å²) in [6.45, 7) is 6.82. The quantitative estimate of drug-likeness (QED) is 0.736. The monoisotopic (exact) mass is 211 g/mol. The van der Waals surface area contributed by atoms with E-state index >= 15 is 0 Å². The lowest BCUT2D eigenvalue weighted by Crippen LogP contribution is -2.37. The number of hydrogen-bond donors (Lipinski definition) is 1. The Balaban J connectivity index is 2.42. The molecule has 0 spiro atoms. The number of aryl methyl sites for hydroxylation is 1. The molecule has 0 amide bonds. The van der Waals surface area contributed by atoms with Crippen LogP contribution in [0.5, 0.6) is 0 Å². The predicted molar refractivity (Wildman–Crippen MR) is 60.9 cm³/mol. The molecule has 1 unspecified atom stereocenters. The zero-order valence-electron chi connectivity index (χ0n) is 9.86. The maximum Gasteiger partial charge on any atom is 0.0633 e. The first-order valence-corrected chi connectivity index (χ1v) is 5.47. The van der Waals surface area contributed by atoms with Gasteiger partial charge in [0.15, 0.2) is 0 Å². The zero-order valence-corrected chi connectivity index (χ0v) is 9.86. The van der Waals surface area contributed by atoms with E-state index in [4.69, 9.17) is 4.74 Å². The van der Waals surface area contributed by atoms with Gasteiger partial charge in [0, 0.05) is 13.3 Å². The molecule has 0 aliphatic carbocycles. The Morgan fingerprint density at radius 2 is 2.40 bits per heavy atom. The summed E-state index contributed by atoms with van der Waals surface area (Å²) in [7, 11) is 1.73. The fourth-order valence-corrected chi connectivity index (χ4v) is 1.52. The maximum atomic E-state index is 5.18. The average molecular weight is 211 g/mol. The molecule has 1 N–H and O–H groups in total. The second-order valence-electron chi connectivity index (χ2n) is 3.85. The van der Waals surface area contributed by atoms with Gasteiger partial charge in [0.05, 0.1) is 25.4 Å². The second kappa shape index (κ2) is 6.58. The van der Waals surface area contributed by atoms with Crippen LogP contribution >= 0.6 is 0 Å². The highest BCUT2D eigenvalue weighted by Gasteiger charge is 2.08. The molecule has 0 bridgehead atoms. The Hall–Kier alpha value is -0.870. The van der Waals surface area contributed by atoms with Crippen LogP contribution in [0.25, 0.3) is 0 Å². The Bertz CT molecular complexity index is 273. The van der Waals surface area contributed by atoms with Gasteiger partial charge in [-0.25, -0.2) is 0 Å². The highest BCUT2D eigenvalue weighted by atomic mass is 16.5. The summed E-state index contributed by atoms with van der Waals surface area (Å²) in [5.74, 6) is 0. The third kappa shape index (κ3) is 4.44. The lowest BCUT2D eigenvalue weighted by atomic mass is 10.3. The molecule has 1 atom stereocenters. The summed E-state index contributed by atoms with van der Waals surface area (Å²) in [6, 6.07) is 0.342. The highest BCUT2D eigenvalue weighted by molar-refractivity contribution is 4.99. The first-order chi connectivity index (χ1) is 7.26. The van der Waals surface area contributed by atoms with Crippen molar-refractivity contribution in [3.8, 4) is 0 Å². The van der Waals surface area contributed by atoms with Crippen molar-refractivity contribution in [2.45, 2.75) is 32.9 Å². The van der Waals surface area contributed by atoms with E-state index in [9.17, 15) is 0 Å². The second-order valence-corrected chi connectivity index (χ2v) is 3.85. The van der Waals surface area contributed by atoms with E-state index in [1.807, 2.05) is 17.8 Å². The summed E-state index contributed by atoms with van der Waals surface area (Å²) in [6.07, 6.45) is 5.07. The van der Waals surface area contributed by atoms with E-state index in [0.29, 0.717) is 6.04 Å². The van der Waals surface area contributed by atoms with E-state index in [-0.39, 0.29) is 0 Å². The molecule has 0 saturated heterocycles. The standard InChI is InChI=1S/C11H21N3O/c1-4-5-12-11(9-15-3)8-14-7-10(2)6-13-14/h6-7,11-12H,4-5,8-9H2,1-3H3. The van der Waals surface area contributed by atoms with Gasteiger partial charge in [0.2, 0.25) is 0 Å². The molecule has 0 aromatic carbocycles. The fourth-order valence-electron chi connectivity index (χ4n) is 1.52. The number of methoxy groups -OCH3 is 1. The van der Waals surface area contributed by atoms with Gasteiger partial charge in [-0.2, -0.15) is 5.10 Å². The molecular formula is C11H21N3O. The Labute approximate surface area is 91.6 Å². The minimum atomic E-state index is 0.342. The van der Waals surface area contributed by atoms with Gasteiger partial charge in [-0.15, -0.1) is 0 Å². The molecule has 1 aromatic rings. The first-order valence-electron chi connectivity index (χ1n) is 5.47. The number of rotatable bonds is 7. The van der Waals surface area contributed by atoms with Crippen molar-refractivity contribution < 1.29 is 4.74 Å². The molecule has 4 nitrogen and oxygen atoms in total. The first kappa shape index (κ1) is 12.2. The van der Waals surface area contributed by atoms with Crippen LogP contribution in [0.3, 0.4) is 0 Å². The third-order valence-corrected chi connectivity index (χ3v) is 2.22. The summed E-state index contributed by atoms with van der Waals surface area (Å²) in [5.41, 5.74) is 1.20. The summed E-state index contributed by atoms with van der Waals surface area (Å²) in [5, 5.41) is 7.71. The molecule has 1 rings (SSSR count). The van der Waals surface area contributed by atoms with Crippen LogP contribution in [0, 0.1) is 6.92 Å². The number of ether oxygens (including phenoxy) is 1. The van der Waals surface area contributed by atoms with Crippen LogP contribution in [-0.2, 0) is 11.3 Å². The molecule has 0 radical (unpaired) electrons. The van der Waals surface area contributed by atoms with Gasteiger partial charge in [-0.3, -0.25) is 4.68 Å². The maximum absolute atomic E-state index is 5.18. The SMILES string of the molecule is CCCNC(COC)Cn1cc(C)cn1. The van der Waals surface area contributed by atoms with E-state index < -0.39 is 0 Å². The van der Waals surface area contributed by atoms with E-state index in [1.54, 1.807) is 7.11 Å². The molecule has 15 heavy (non-hydrogen) atoms. The minimum Gasteiger partial charge on any atom is -0.383 e. The molecule has 0 fully saturated rings. The lowest BCUT2D eigenvalue weighted by molar-refractivity contribution is 0.157. The van der Waals surface area contributed by atoms with E-state index in [0.717, 1.165) is 26.1 Å². The molecule has 0 saturated carbocycles. The summed E-state index contributed by atoms with van der Waals surface area (Å²) >= 11 is 0. The Kier molecular flexibility index (Phi) is 5.36. The van der Waals surface area contributed by atoms with Gasteiger partial charge in [-0.1, -0.05) is 6.92 Å². The van der Waals surface area contributed by atoms with Crippen LogP contribution in [0.1, 0.15) is 18.9 Å². The fraction of sp³-hybridized carbons (Fsp3) is 0.727. The van der Waals surface area contributed by atoms with Crippen molar-refractivity contribution in [2.24, 2.45) is 0 Å². The topological polar surface area (TPSA) is 39.1 Å². The van der Waals surface area contributed by atoms with Crippen molar-refractivity contribution in [3.05, 3.63) is 18.0 Å². The minimum absolute atomic E-state index is 0.342. The van der Waals surface area contributed by atoms with Gasteiger partial charge >= 0.3 is 0 Å². The summed E-state index contributed by atoms with van der Waals surface area (Å²) in [4.78, 5) is 0. The van der Waals surface area contributed by atoms with Crippen molar-refractivity contribution in [1.82, 2.24) is 15.1 Å². The smallest absolute Gasteiger partial charge is 0.0633 e. The molecule has 4 heteroatoms. The van der Waals surface area contributed by atoms with E-state index in [1.165, 1.54) is 5.56 Å². The molecule has 1 heterocycles. The van der Waals surface area contributed by atoms with Gasteiger partial charge in [0.25, 0.3) is 0 Å². The molecule has 1 aromatic heterocycles. The van der Waals surface area contributed by atoms with Crippen LogP contribution < -0.4 is 5.32 Å². The number of hydrogen-bond acceptors (Lipinski definition) is 3. The van der Waals surface area contributed by atoms with Gasteiger partial charge in [0.1, 0.15) is 0 Å². The average Bonchev–Trinajstić information content (AvgIpc) is 2.61. The molecule has 86 valence electrons. The Morgan fingerprint density at radius 1 is 1.60 bits per heavy atom. The van der Waals surface area contributed by atoms with Crippen molar-refractivity contribution in [1.29, 1.82) is 0 Å². The van der Waals surface area contributed by atoms with Crippen LogP contribution in [0.15, 0.2) is 12.4 Å². The normalized spacial score (nSPS) is 13.0. The predicted octanol–water partition coefficient (Wildman–Crippen LogP) is 1.21. The number of nitrogens with one attached hydrogen (secondary N) is 1. The van der Waals surface area contributed by atoms with E-state index in [2.05, 4.69) is 23.5 Å². The lowest BCUT2D eigenvalue weighted by Gasteiger charge is -2.17. The third-order valence-electron chi connectivity index (χ3n) is 2.22. The van der Waals surface area contributed by atoms with Gasteiger partial charge < -0.3 is 10.1 Å². The zero-order chi connectivity index (χ0) is 11.1. The van der Waals surface area contributed by atoms with Crippen molar-refractivity contribution in [3.63, 3.8) is 0 Å². The van der Waals surface area contributed by atoms with Crippen molar-refractivity contribution in [2.75, 3.05) is 20.3 Å². The van der Waals surface area contributed by atoms with Crippen LogP contribution in [-0.4, -0.2) is 36.1 Å². The highest BCUT2D eigenvalue weighted by Crippen LogP contribution is 1.97. The molecule has 0 aliphatic rings.